The number of hydrogen-bond donors (Lipinski definition) is 0. The van der Waals surface area contributed by atoms with E-state index in [1.54, 1.807) is 30.5 Å². The minimum Gasteiger partial charge on any atom is -0.378 e. The van der Waals surface area contributed by atoms with Gasteiger partial charge in [0.1, 0.15) is 4.90 Å². The maximum atomic E-state index is 12.5. The Bertz CT molecular complexity index is 1090. The quantitative estimate of drug-likeness (QED) is 0.422. The van der Waals surface area contributed by atoms with Crippen molar-refractivity contribution in [2.45, 2.75) is 18.7 Å². The third-order valence-electron chi connectivity index (χ3n) is 4.06. The predicted octanol–water partition coefficient (Wildman–Crippen LogP) is 5.48. The van der Waals surface area contributed by atoms with Gasteiger partial charge in [-0.05, 0) is 73.5 Å². The summed E-state index contributed by atoms with van der Waals surface area (Å²) in [6.45, 7) is 4.05. The summed E-state index contributed by atoms with van der Waals surface area (Å²) in [5.41, 5.74) is 3.67. The van der Waals surface area contributed by atoms with Crippen molar-refractivity contribution in [2.75, 3.05) is 0 Å². The monoisotopic (exact) mass is 399 g/mol. The molecule has 0 aromatic heterocycles. The summed E-state index contributed by atoms with van der Waals surface area (Å²) in [5.74, 6) is 0.208. The maximum absolute atomic E-state index is 12.5. The van der Waals surface area contributed by atoms with Gasteiger partial charge >= 0.3 is 10.1 Å². The molecule has 0 bridgehead atoms. The van der Waals surface area contributed by atoms with Crippen LogP contribution in [0.25, 0.3) is 0 Å². The van der Waals surface area contributed by atoms with Crippen LogP contribution in [0.15, 0.2) is 76.6 Å². The van der Waals surface area contributed by atoms with Crippen LogP contribution in [-0.4, -0.2) is 14.6 Å². The van der Waals surface area contributed by atoms with Gasteiger partial charge in [0.15, 0.2) is 5.75 Å². The van der Waals surface area contributed by atoms with Crippen molar-refractivity contribution in [2.24, 2.45) is 4.99 Å². The molecule has 0 unspecified atom stereocenters. The van der Waals surface area contributed by atoms with Crippen LogP contribution in [0.3, 0.4) is 0 Å². The molecule has 6 heteroatoms. The van der Waals surface area contributed by atoms with Gasteiger partial charge in [0.2, 0.25) is 0 Å². The molecule has 0 aliphatic heterocycles. The van der Waals surface area contributed by atoms with E-state index in [0.29, 0.717) is 10.6 Å². The molecule has 0 atom stereocenters. The first kappa shape index (κ1) is 19.1. The van der Waals surface area contributed by atoms with E-state index < -0.39 is 10.1 Å². The third kappa shape index (κ3) is 4.76. The fourth-order valence-corrected chi connectivity index (χ4v) is 3.46. The summed E-state index contributed by atoms with van der Waals surface area (Å²) in [6, 6.07) is 18.5. The van der Waals surface area contributed by atoms with Gasteiger partial charge in [-0.15, -0.1) is 0 Å². The molecule has 0 aliphatic rings. The van der Waals surface area contributed by atoms with Gasteiger partial charge in [0.05, 0.1) is 5.69 Å². The molecule has 0 aliphatic carbocycles. The summed E-state index contributed by atoms with van der Waals surface area (Å²) < 4.78 is 30.4. The molecule has 4 nitrogen and oxygen atoms in total. The maximum Gasteiger partial charge on any atom is 0.339 e. The topological polar surface area (TPSA) is 55.7 Å². The minimum atomic E-state index is -3.97. The second kappa shape index (κ2) is 7.94. The molecule has 0 heterocycles. The largest absolute Gasteiger partial charge is 0.378 e. The lowest BCUT2D eigenvalue weighted by atomic mass is 10.1. The molecule has 3 rings (SSSR count). The van der Waals surface area contributed by atoms with Gasteiger partial charge < -0.3 is 4.18 Å². The lowest BCUT2D eigenvalue weighted by molar-refractivity contribution is 0.485. The lowest BCUT2D eigenvalue weighted by Gasteiger charge is -2.09. The van der Waals surface area contributed by atoms with Gasteiger partial charge in [-0.1, -0.05) is 29.8 Å². The van der Waals surface area contributed by atoms with Crippen molar-refractivity contribution in [1.82, 2.24) is 0 Å². The van der Waals surface area contributed by atoms with Crippen LogP contribution in [0.4, 0.5) is 5.69 Å². The highest BCUT2D eigenvalue weighted by Crippen LogP contribution is 2.24. The summed E-state index contributed by atoms with van der Waals surface area (Å²) in [6.07, 6.45) is 1.59. The Kier molecular flexibility index (Phi) is 5.63. The molecule has 3 aromatic rings. The van der Waals surface area contributed by atoms with Crippen molar-refractivity contribution >= 4 is 33.6 Å². The van der Waals surface area contributed by atoms with Crippen LogP contribution in [0, 0.1) is 13.8 Å². The summed E-state index contributed by atoms with van der Waals surface area (Å²) in [7, 11) is -3.97. The van der Waals surface area contributed by atoms with Crippen LogP contribution in [0.2, 0.25) is 5.02 Å². The van der Waals surface area contributed by atoms with Gasteiger partial charge in [-0.3, -0.25) is 4.99 Å². The Balaban J connectivity index is 1.88. The fraction of sp³-hybridized carbons (Fsp3) is 0.0952. The van der Waals surface area contributed by atoms with Crippen molar-refractivity contribution < 1.29 is 12.6 Å². The van der Waals surface area contributed by atoms with E-state index in [-0.39, 0.29) is 10.6 Å². The zero-order valence-corrected chi connectivity index (χ0v) is 16.5. The molecule has 0 spiro atoms. The average Bonchev–Trinajstić information content (AvgIpc) is 2.64. The van der Waals surface area contributed by atoms with E-state index in [2.05, 4.69) is 4.99 Å². The Labute approximate surface area is 164 Å². The molecular formula is C21H18ClNO3S. The molecule has 138 valence electrons. The smallest absolute Gasteiger partial charge is 0.339 e. The highest BCUT2D eigenvalue weighted by Gasteiger charge is 2.18. The Morgan fingerprint density at radius 3 is 2.33 bits per heavy atom. The first-order valence-electron chi connectivity index (χ1n) is 8.25. The van der Waals surface area contributed by atoms with Crippen molar-refractivity contribution in [3.8, 4) is 5.75 Å². The number of nitrogens with zero attached hydrogens (tertiary/aromatic N) is 1. The minimum absolute atomic E-state index is 0.0350. The van der Waals surface area contributed by atoms with Gasteiger partial charge in [-0.25, -0.2) is 0 Å². The zero-order chi connectivity index (χ0) is 19.4. The number of aryl methyl sites for hydroxylation is 2. The summed E-state index contributed by atoms with van der Waals surface area (Å²) in [4.78, 5) is 4.47. The fourth-order valence-electron chi connectivity index (χ4n) is 2.38. The second-order valence-electron chi connectivity index (χ2n) is 6.06. The number of para-hydroxylation sites is 1. The SMILES string of the molecule is Cc1ccc(N=Cc2ccccc2OS(=O)(=O)c2ccc(Cl)cc2)cc1C. The molecule has 0 saturated heterocycles. The number of rotatable bonds is 5. The predicted molar refractivity (Wildman–Crippen MR) is 109 cm³/mol. The first-order chi connectivity index (χ1) is 12.8. The van der Waals surface area contributed by atoms with Gasteiger partial charge in [0, 0.05) is 16.8 Å². The molecule has 0 amide bonds. The van der Waals surface area contributed by atoms with E-state index in [1.165, 1.54) is 29.8 Å². The summed E-state index contributed by atoms with van der Waals surface area (Å²) >= 11 is 5.81. The molecule has 0 fully saturated rings. The zero-order valence-electron chi connectivity index (χ0n) is 14.9. The van der Waals surface area contributed by atoms with Crippen molar-refractivity contribution in [3.05, 3.63) is 88.4 Å². The normalized spacial score (nSPS) is 11.7. The van der Waals surface area contributed by atoms with Crippen LogP contribution in [-0.2, 0) is 10.1 Å². The van der Waals surface area contributed by atoms with Crippen molar-refractivity contribution in [1.29, 1.82) is 0 Å². The van der Waals surface area contributed by atoms with Gasteiger partial charge in [-0.2, -0.15) is 8.42 Å². The van der Waals surface area contributed by atoms with E-state index in [4.69, 9.17) is 15.8 Å². The third-order valence-corrected chi connectivity index (χ3v) is 5.56. The average molecular weight is 400 g/mol. The standard InChI is InChI=1S/C21H18ClNO3S/c1-15-7-10-19(13-16(15)2)23-14-17-5-3-4-6-21(17)26-27(24,25)20-11-8-18(22)9-12-20/h3-14H,1-2H3. The number of hydrogen-bond acceptors (Lipinski definition) is 4. The Hall–Kier alpha value is -2.63. The van der Waals surface area contributed by atoms with Crippen molar-refractivity contribution in [3.63, 3.8) is 0 Å². The Morgan fingerprint density at radius 1 is 0.926 bits per heavy atom. The molecule has 0 saturated carbocycles. The van der Waals surface area contributed by atoms with E-state index >= 15 is 0 Å². The van der Waals surface area contributed by atoms with E-state index in [9.17, 15) is 8.42 Å². The van der Waals surface area contributed by atoms with Crippen LogP contribution in [0.1, 0.15) is 16.7 Å². The second-order valence-corrected chi connectivity index (χ2v) is 8.04. The highest BCUT2D eigenvalue weighted by atomic mass is 35.5. The van der Waals surface area contributed by atoms with E-state index in [0.717, 1.165) is 11.3 Å². The number of benzene rings is 3. The Morgan fingerprint density at radius 2 is 1.63 bits per heavy atom. The van der Waals surface area contributed by atoms with Gasteiger partial charge in [0.25, 0.3) is 0 Å². The van der Waals surface area contributed by atoms with Crippen LogP contribution >= 0.6 is 11.6 Å². The molecule has 27 heavy (non-hydrogen) atoms. The van der Waals surface area contributed by atoms with Crippen LogP contribution in [0.5, 0.6) is 5.75 Å². The van der Waals surface area contributed by atoms with Crippen LogP contribution < -0.4 is 4.18 Å². The van der Waals surface area contributed by atoms with E-state index in [1.807, 2.05) is 32.0 Å². The highest BCUT2D eigenvalue weighted by molar-refractivity contribution is 7.87. The lowest BCUT2D eigenvalue weighted by Crippen LogP contribution is -2.10. The molecule has 3 aromatic carbocycles. The molecular weight excluding hydrogens is 382 g/mol. The molecule has 0 radical (unpaired) electrons. The first-order valence-corrected chi connectivity index (χ1v) is 10.0. The number of aliphatic imine (C=N–C) groups is 1. The number of halogens is 1. The summed E-state index contributed by atoms with van der Waals surface area (Å²) in [5, 5.41) is 0.454. The molecule has 0 N–H and O–H groups in total.